The molecule has 0 bridgehead atoms. The van der Waals surface area contributed by atoms with Crippen molar-refractivity contribution in [2.24, 2.45) is 0 Å². The van der Waals surface area contributed by atoms with E-state index in [1.807, 2.05) is 6.92 Å². The summed E-state index contributed by atoms with van der Waals surface area (Å²) in [5, 5.41) is 5.97. The first kappa shape index (κ1) is 18.8. The molecule has 0 saturated carbocycles. The maximum atomic E-state index is 12.3. The van der Waals surface area contributed by atoms with E-state index in [2.05, 4.69) is 10.6 Å². The Morgan fingerprint density at radius 3 is 2.48 bits per heavy atom. The number of amides is 2. The van der Waals surface area contributed by atoms with Crippen molar-refractivity contribution in [1.82, 2.24) is 0 Å². The van der Waals surface area contributed by atoms with Crippen molar-refractivity contribution in [3.63, 3.8) is 0 Å². The highest BCUT2D eigenvalue weighted by molar-refractivity contribution is 6.31. The van der Waals surface area contributed by atoms with E-state index in [1.54, 1.807) is 36.4 Å². The Balaban J connectivity index is 2.15. The van der Waals surface area contributed by atoms with E-state index >= 15 is 0 Å². The summed E-state index contributed by atoms with van der Waals surface area (Å²) >= 11 is 6.05. The second-order valence-corrected chi connectivity index (χ2v) is 5.72. The van der Waals surface area contributed by atoms with Gasteiger partial charge in [-0.05, 0) is 36.8 Å². The van der Waals surface area contributed by atoms with E-state index in [4.69, 9.17) is 21.1 Å². The molecule has 0 fully saturated rings. The van der Waals surface area contributed by atoms with Gasteiger partial charge in [-0.1, -0.05) is 17.7 Å². The number of hydrogen-bond acceptors (Lipinski definition) is 4. The highest BCUT2D eigenvalue weighted by Gasteiger charge is 2.11. The number of carbonyl (C=O) groups is 2. The molecule has 0 spiro atoms. The molecule has 2 aromatic carbocycles. The molecule has 0 unspecified atom stereocenters. The summed E-state index contributed by atoms with van der Waals surface area (Å²) in [7, 11) is 2.92. The lowest BCUT2D eigenvalue weighted by Crippen LogP contribution is -2.18. The molecule has 7 heteroatoms. The quantitative estimate of drug-likeness (QED) is 0.824. The molecule has 0 aliphatic carbocycles. The van der Waals surface area contributed by atoms with E-state index in [1.165, 1.54) is 14.2 Å². The van der Waals surface area contributed by atoms with Crippen LogP contribution in [0.15, 0.2) is 36.4 Å². The van der Waals surface area contributed by atoms with E-state index in [0.717, 1.165) is 5.56 Å². The lowest BCUT2D eigenvalue weighted by molar-refractivity contribution is -0.119. The van der Waals surface area contributed by atoms with Crippen LogP contribution in [-0.2, 0) is 9.53 Å². The van der Waals surface area contributed by atoms with Crippen molar-refractivity contribution in [3.8, 4) is 5.75 Å². The number of benzene rings is 2. The molecular formula is C18H19ClN2O4. The maximum absolute atomic E-state index is 12.3. The molecule has 132 valence electrons. The van der Waals surface area contributed by atoms with Crippen LogP contribution in [0.2, 0.25) is 5.02 Å². The first-order chi connectivity index (χ1) is 11.9. The normalized spacial score (nSPS) is 10.2. The van der Waals surface area contributed by atoms with Gasteiger partial charge in [0.1, 0.15) is 12.4 Å². The average Bonchev–Trinajstić information content (AvgIpc) is 2.58. The highest BCUT2D eigenvalue weighted by atomic mass is 35.5. The Kier molecular flexibility index (Phi) is 6.38. The molecule has 0 radical (unpaired) electrons. The Bertz CT molecular complexity index is 793. The first-order valence-electron chi connectivity index (χ1n) is 7.49. The van der Waals surface area contributed by atoms with Gasteiger partial charge in [-0.3, -0.25) is 9.59 Å². The van der Waals surface area contributed by atoms with Gasteiger partial charge in [-0.15, -0.1) is 0 Å². The fourth-order valence-corrected chi connectivity index (χ4v) is 2.31. The van der Waals surface area contributed by atoms with Gasteiger partial charge in [0, 0.05) is 29.4 Å². The highest BCUT2D eigenvalue weighted by Crippen LogP contribution is 2.28. The maximum Gasteiger partial charge on any atom is 0.255 e. The van der Waals surface area contributed by atoms with Crippen LogP contribution in [0.25, 0.3) is 0 Å². The number of hydrogen-bond donors (Lipinski definition) is 2. The lowest BCUT2D eigenvalue weighted by atomic mass is 10.1. The van der Waals surface area contributed by atoms with Crippen molar-refractivity contribution in [2.45, 2.75) is 6.92 Å². The van der Waals surface area contributed by atoms with Crippen LogP contribution in [0.1, 0.15) is 15.9 Å². The van der Waals surface area contributed by atoms with E-state index < -0.39 is 0 Å². The third-order valence-corrected chi connectivity index (χ3v) is 3.85. The van der Waals surface area contributed by atoms with Gasteiger partial charge in [-0.2, -0.15) is 0 Å². The van der Waals surface area contributed by atoms with Crippen LogP contribution >= 0.6 is 11.6 Å². The zero-order valence-electron chi connectivity index (χ0n) is 14.2. The van der Waals surface area contributed by atoms with Gasteiger partial charge < -0.3 is 20.1 Å². The van der Waals surface area contributed by atoms with Gasteiger partial charge in [0.2, 0.25) is 5.91 Å². The van der Waals surface area contributed by atoms with Crippen LogP contribution < -0.4 is 15.4 Å². The molecule has 0 atom stereocenters. The van der Waals surface area contributed by atoms with Crippen molar-refractivity contribution >= 4 is 34.8 Å². The Morgan fingerprint density at radius 1 is 1.08 bits per heavy atom. The number of carbonyl (C=O) groups excluding carboxylic acids is 2. The minimum absolute atomic E-state index is 0.0597. The predicted octanol–water partition coefficient (Wildman–Crippen LogP) is 3.49. The second-order valence-electron chi connectivity index (χ2n) is 5.31. The van der Waals surface area contributed by atoms with Crippen molar-refractivity contribution in [2.75, 3.05) is 31.5 Å². The van der Waals surface area contributed by atoms with Gasteiger partial charge in [0.15, 0.2) is 0 Å². The summed E-state index contributed by atoms with van der Waals surface area (Å²) in [6.45, 7) is 1.81. The number of aryl methyl sites for hydroxylation is 1. The SMILES string of the molecule is COCC(=O)Nc1ccc(NC(=O)c2ccc(C)c(Cl)c2)cc1OC. The topological polar surface area (TPSA) is 76.7 Å². The zero-order chi connectivity index (χ0) is 18.4. The van der Waals surface area contributed by atoms with Gasteiger partial charge in [-0.25, -0.2) is 0 Å². The monoisotopic (exact) mass is 362 g/mol. The average molecular weight is 363 g/mol. The molecule has 0 saturated heterocycles. The lowest BCUT2D eigenvalue weighted by Gasteiger charge is -2.13. The standard InChI is InChI=1S/C18H19ClN2O4/c1-11-4-5-12(8-14(11)19)18(23)20-13-6-7-15(16(9-13)25-3)21-17(22)10-24-2/h4-9H,10H2,1-3H3,(H,20,23)(H,21,22). The van der Waals surface area contributed by atoms with Crippen LogP contribution in [0.4, 0.5) is 11.4 Å². The number of nitrogens with one attached hydrogen (secondary N) is 2. The van der Waals surface area contributed by atoms with Crippen LogP contribution in [0, 0.1) is 6.92 Å². The molecule has 2 rings (SSSR count). The number of anilines is 2. The summed E-state index contributed by atoms with van der Waals surface area (Å²) in [5.41, 5.74) is 2.37. The fraction of sp³-hybridized carbons (Fsp3) is 0.222. The van der Waals surface area contributed by atoms with Gasteiger partial charge in [0.25, 0.3) is 5.91 Å². The summed E-state index contributed by atoms with van der Waals surface area (Å²) < 4.78 is 10.0. The summed E-state index contributed by atoms with van der Waals surface area (Å²) in [6, 6.07) is 10.0. The van der Waals surface area contributed by atoms with Crippen LogP contribution in [0.3, 0.4) is 0 Å². The van der Waals surface area contributed by atoms with E-state index in [9.17, 15) is 9.59 Å². The van der Waals surface area contributed by atoms with Crippen LogP contribution in [-0.4, -0.2) is 32.6 Å². The summed E-state index contributed by atoms with van der Waals surface area (Å²) in [4.78, 5) is 23.9. The zero-order valence-corrected chi connectivity index (χ0v) is 14.9. The molecule has 6 nitrogen and oxygen atoms in total. The number of methoxy groups -OCH3 is 2. The molecular weight excluding hydrogens is 344 g/mol. The number of halogens is 1. The third-order valence-electron chi connectivity index (χ3n) is 3.44. The molecule has 2 aromatic rings. The second kappa shape index (κ2) is 8.50. The minimum atomic E-state index is -0.299. The van der Waals surface area contributed by atoms with Gasteiger partial charge in [0.05, 0.1) is 12.8 Å². The molecule has 0 aliphatic rings. The Labute approximate surface area is 151 Å². The molecule has 0 aliphatic heterocycles. The number of rotatable bonds is 6. The number of ether oxygens (including phenoxy) is 2. The molecule has 2 amide bonds. The van der Waals surface area contributed by atoms with E-state index in [0.29, 0.717) is 27.7 Å². The van der Waals surface area contributed by atoms with Crippen LogP contribution in [0.5, 0.6) is 5.75 Å². The van der Waals surface area contributed by atoms with E-state index in [-0.39, 0.29) is 18.4 Å². The fourth-order valence-electron chi connectivity index (χ4n) is 2.13. The smallest absolute Gasteiger partial charge is 0.255 e. The minimum Gasteiger partial charge on any atom is -0.494 e. The molecule has 0 aromatic heterocycles. The largest absolute Gasteiger partial charge is 0.494 e. The summed E-state index contributed by atoms with van der Waals surface area (Å²) in [5.74, 6) is -0.170. The molecule has 25 heavy (non-hydrogen) atoms. The van der Waals surface area contributed by atoms with Crippen molar-refractivity contribution in [3.05, 3.63) is 52.5 Å². The Hall–Kier alpha value is -2.57. The molecule has 2 N–H and O–H groups in total. The summed E-state index contributed by atoms with van der Waals surface area (Å²) in [6.07, 6.45) is 0. The van der Waals surface area contributed by atoms with Gasteiger partial charge >= 0.3 is 0 Å². The predicted molar refractivity (Wildman–Crippen MR) is 97.6 cm³/mol. The third kappa shape index (κ3) is 4.95. The molecule has 0 heterocycles. The first-order valence-corrected chi connectivity index (χ1v) is 7.86. The van der Waals surface area contributed by atoms with Crippen molar-refractivity contribution < 1.29 is 19.1 Å². The van der Waals surface area contributed by atoms with Crippen molar-refractivity contribution in [1.29, 1.82) is 0 Å². The Morgan fingerprint density at radius 2 is 1.84 bits per heavy atom.